The van der Waals surface area contributed by atoms with Gasteiger partial charge in [0.2, 0.25) is 5.91 Å². The van der Waals surface area contributed by atoms with E-state index in [1.165, 1.54) is 6.42 Å². The average molecular weight is 198 g/mol. The van der Waals surface area contributed by atoms with Crippen molar-refractivity contribution in [2.45, 2.75) is 45.6 Å². The van der Waals surface area contributed by atoms with Crippen molar-refractivity contribution in [1.82, 2.24) is 10.2 Å². The van der Waals surface area contributed by atoms with E-state index in [1.807, 2.05) is 4.90 Å². The van der Waals surface area contributed by atoms with Gasteiger partial charge < -0.3 is 10.2 Å². The Morgan fingerprint density at radius 3 is 2.86 bits per heavy atom. The van der Waals surface area contributed by atoms with Crippen molar-refractivity contribution in [3.8, 4) is 0 Å². The van der Waals surface area contributed by atoms with Gasteiger partial charge in [0.05, 0.1) is 0 Å². The summed E-state index contributed by atoms with van der Waals surface area (Å²) in [4.78, 5) is 13.4. The van der Waals surface area contributed by atoms with Crippen molar-refractivity contribution in [2.75, 3.05) is 19.6 Å². The molecule has 1 amide bonds. The third kappa shape index (κ3) is 4.09. The molecule has 0 aromatic heterocycles. The van der Waals surface area contributed by atoms with Crippen LogP contribution in [0, 0.1) is 0 Å². The maximum Gasteiger partial charge on any atom is 0.222 e. The van der Waals surface area contributed by atoms with Crippen molar-refractivity contribution in [3.63, 3.8) is 0 Å². The van der Waals surface area contributed by atoms with Gasteiger partial charge in [0, 0.05) is 25.6 Å². The Balaban J connectivity index is 2.07. The molecule has 0 radical (unpaired) electrons. The molecule has 1 rings (SSSR count). The number of carbonyl (C=O) groups is 1. The molecule has 0 spiro atoms. The van der Waals surface area contributed by atoms with E-state index in [0.29, 0.717) is 11.9 Å². The van der Waals surface area contributed by atoms with Gasteiger partial charge >= 0.3 is 0 Å². The number of likely N-dealkylation sites (tertiary alicyclic amines) is 1. The van der Waals surface area contributed by atoms with Gasteiger partial charge in [-0.05, 0) is 25.8 Å². The quantitative estimate of drug-likeness (QED) is 0.677. The minimum Gasteiger partial charge on any atom is -0.343 e. The molecule has 0 aromatic carbocycles. The SMILES string of the molecule is CC(C)NCCCN1CCCCC1=O. The summed E-state index contributed by atoms with van der Waals surface area (Å²) in [5.74, 6) is 0.348. The third-order valence-corrected chi connectivity index (χ3v) is 2.58. The van der Waals surface area contributed by atoms with Crippen molar-refractivity contribution in [2.24, 2.45) is 0 Å². The second-order valence-corrected chi connectivity index (χ2v) is 4.30. The Kier molecular flexibility index (Phi) is 4.94. The highest BCUT2D eigenvalue weighted by molar-refractivity contribution is 5.76. The van der Waals surface area contributed by atoms with Crippen LogP contribution in [0.3, 0.4) is 0 Å². The predicted molar refractivity (Wildman–Crippen MR) is 58.2 cm³/mol. The summed E-state index contributed by atoms with van der Waals surface area (Å²) in [7, 11) is 0. The standard InChI is InChI=1S/C11H22N2O/c1-10(2)12-7-5-9-13-8-4-3-6-11(13)14/h10,12H,3-9H2,1-2H3. The molecule has 1 aliphatic heterocycles. The summed E-state index contributed by atoms with van der Waals surface area (Å²) in [6, 6.07) is 0.548. The molecule has 1 N–H and O–H groups in total. The lowest BCUT2D eigenvalue weighted by Crippen LogP contribution is -2.37. The van der Waals surface area contributed by atoms with E-state index in [2.05, 4.69) is 19.2 Å². The maximum absolute atomic E-state index is 11.4. The van der Waals surface area contributed by atoms with E-state index < -0.39 is 0 Å². The smallest absolute Gasteiger partial charge is 0.222 e. The molecular weight excluding hydrogens is 176 g/mol. The molecule has 0 aromatic rings. The summed E-state index contributed by atoms with van der Waals surface area (Å²) in [6.45, 7) is 7.21. The largest absolute Gasteiger partial charge is 0.343 e. The Morgan fingerprint density at radius 1 is 1.43 bits per heavy atom. The van der Waals surface area contributed by atoms with E-state index >= 15 is 0 Å². The Morgan fingerprint density at radius 2 is 2.21 bits per heavy atom. The summed E-state index contributed by atoms with van der Waals surface area (Å²) in [5, 5.41) is 3.36. The zero-order chi connectivity index (χ0) is 10.4. The summed E-state index contributed by atoms with van der Waals surface area (Å²) in [6.07, 6.45) is 4.10. The van der Waals surface area contributed by atoms with Crippen LogP contribution in [0.25, 0.3) is 0 Å². The van der Waals surface area contributed by atoms with Crippen molar-refractivity contribution in [3.05, 3.63) is 0 Å². The minimum atomic E-state index is 0.348. The average Bonchev–Trinajstić information content (AvgIpc) is 2.15. The number of piperidine rings is 1. The Bertz CT molecular complexity index is 180. The van der Waals surface area contributed by atoms with Crippen LogP contribution in [-0.2, 0) is 4.79 Å². The van der Waals surface area contributed by atoms with Crippen LogP contribution < -0.4 is 5.32 Å². The molecule has 14 heavy (non-hydrogen) atoms. The van der Waals surface area contributed by atoms with Gasteiger partial charge in [-0.15, -0.1) is 0 Å². The number of nitrogens with zero attached hydrogens (tertiary/aromatic N) is 1. The predicted octanol–water partition coefficient (Wildman–Crippen LogP) is 1.39. The number of rotatable bonds is 5. The van der Waals surface area contributed by atoms with Crippen molar-refractivity contribution >= 4 is 5.91 Å². The summed E-state index contributed by atoms with van der Waals surface area (Å²) in [5.41, 5.74) is 0. The number of carbonyl (C=O) groups excluding carboxylic acids is 1. The number of amides is 1. The lowest BCUT2D eigenvalue weighted by atomic mass is 10.1. The van der Waals surface area contributed by atoms with Crippen LogP contribution in [0.1, 0.15) is 39.5 Å². The molecule has 0 saturated carbocycles. The molecule has 1 aliphatic rings. The Labute approximate surface area is 86.9 Å². The number of hydrogen-bond donors (Lipinski definition) is 1. The van der Waals surface area contributed by atoms with Crippen LogP contribution >= 0.6 is 0 Å². The van der Waals surface area contributed by atoms with Gasteiger partial charge in [0.15, 0.2) is 0 Å². The molecule has 0 unspecified atom stereocenters. The first-order valence-electron chi connectivity index (χ1n) is 5.71. The van der Waals surface area contributed by atoms with Crippen LogP contribution in [0.4, 0.5) is 0 Å². The second-order valence-electron chi connectivity index (χ2n) is 4.30. The van der Waals surface area contributed by atoms with Gasteiger partial charge in [0.1, 0.15) is 0 Å². The topological polar surface area (TPSA) is 32.3 Å². The van der Waals surface area contributed by atoms with Crippen LogP contribution in [0.5, 0.6) is 0 Å². The normalized spacial score (nSPS) is 17.9. The van der Waals surface area contributed by atoms with Crippen molar-refractivity contribution in [1.29, 1.82) is 0 Å². The van der Waals surface area contributed by atoms with E-state index in [-0.39, 0.29) is 0 Å². The van der Waals surface area contributed by atoms with E-state index in [9.17, 15) is 4.79 Å². The first-order valence-corrected chi connectivity index (χ1v) is 5.71. The zero-order valence-corrected chi connectivity index (χ0v) is 9.38. The summed E-state index contributed by atoms with van der Waals surface area (Å²) >= 11 is 0. The number of hydrogen-bond acceptors (Lipinski definition) is 2. The first kappa shape index (κ1) is 11.5. The molecule has 0 atom stereocenters. The molecule has 0 aliphatic carbocycles. The highest BCUT2D eigenvalue weighted by atomic mass is 16.2. The molecule has 1 saturated heterocycles. The fourth-order valence-corrected chi connectivity index (χ4v) is 1.76. The van der Waals surface area contributed by atoms with E-state index in [4.69, 9.17) is 0 Å². The lowest BCUT2D eigenvalue weighted by molar-refractivity contribution is -0.133. The highest BCUT2D eigenvalue weighted by Gasteiger charge is 2.16. The van der Waals surface area contributed by atoms with E-state index in [1.54, 1.807) is 0 Å². The Hall–Kier alpha value is -0.570. The molecule has 82 valence electrons. The molecule has 3 heteroatoms. The fourth-order valence-electron chi connectivity index (χ4n) is 1.76. The fraction of sp³-hybridized carbons (Fsp3) is 0.909. The lowest BCUT2D eigenvalue weighted by Gasteiger charge is -2.26. The van der Waals surface area contributed by atoms with E-state index in [0.717, 1.165) is 38.9 Å². The van der Waals surface area contributed by atoms with Gasteiger partial charge in [-0.2, -0.15) is 0 Å². The van der Waals surface area contributed by atoms with Crippen LogP contribution in [0.15, 0.2) is 0 Å². The monoisotopic (exact) mass is 198 g/mol. The first-order chi connectivity index (χ1) is 6.70. The van der Waals surface area contributed by atoms with Gasteiger partial charge in [0.25, 0.3) is 0 Å². The van der Waals surface area contributed by atoms with Gasteiger partial charge in [-0.3, -0.25) is 4.79 Å². The summed E-state index contributed by atoms with van der Waals surface area (Å²) < 4.78 is 0. The zero-order valence-electron chi connectivity index (χ0n) is 9.38. The maximum atomic E-state index is 11.4. The highest BCUT2D eigenvalue weighted by Crippen LogP contribution is 2.10. The van der Waals surface area contributed by atoms with Gasteiger partial charge in [-0.25, -0.2) is 0 Å². The molecule has 1 heterocycles. The molecule has 3 nitrogen and oxygen atoms in total. The number of nitrogens with one attached hydrogen (secondary N) is 1. The second kappa shape index (κ2) is 6.02. The van der Waals surface area contributed by atoms with Gasteiger partial charge in [-0.1, -0.05) is 13.8 Å². The van der Waals surface area contributed by atoms with Crippen molar-refractivity contribution < 1.29 is 4.79 Å². The minimum absolute atomic E-state index is 0.348. The molecule has 1 fully saturated rings. The van der Waals surface area contributed by atoms with Crippen LogP contribution in [-0.4, -0.2) is 36.5 Å². The molecular formula is C11H22N2O. The molecule has 0 bridgehead atoms. The van der Waals surface area contributed by atoms with Crippen LogP contribution in [0.2, 0.25) is 0 Å². The third-order valence-electron chi connectivity index (χ3n) is 2.58.